The summed E-state index contributed by atoms with van der Waals surface area (Å²) < 4.78 is 0. The van der Waals surface area contributed by atoms with E-state index in [1.165, 1.54) is 11.8 Å². The fraction of sp³-hybridized carbons (Fsp3) is 0.714. The number of aliphatic carboxylic acids is 1. The number of carboxylic acids is 1. The molecule has 0 bridgehead atoms. The maximum atomic E-state index is 12.3. The van der Waals surface area contributed by atoms with Crippen molar-refractivity contribution >= 4 is 48.1 Å². The zero-order chi connectivity index (χ0) is 20.1. The predicted molar refractivity (Wildman–Crippen MR) is 106 cm³/mol. The molecule has 12 heteroatoms. The van der Waals surface area contributed by atoms with Gasteiger partial charge in [0.1, 0.15) is 12.1 Å². The van der Waals surface area contributed by atoms with Crippen LogP contribution in [0.1, 0.15) is 19.3 Å². The molecule has 0 aliphatic rings. The second kappa shape index (κ2) is 13.5. The molecule has 0 rings (SSSR count). The quantitative estimate of drug-likeness (QED) is 0.0797. The Morgan fingerprint density at radius 3 is 2.27 bits per heavy atom. The number of carbonyl (C=O) groups is 3. The Balaban J connectivity index is 4.71. The molecule has 0 aromatic carbocycles. The molecule has 0 aromatic rings. The van der Waals surface area contributed by atoms with Crippen molar-refractivity contribution in [3.05, 3.63) is 0 Å². The molecular weight excluding hydrogens is 380 g/mol. The van der Waals surface area contributed by atoms with Gasteiger partial charge in [-0.2, -0.15) is 24.4 Å². The molecule has 0 radical (unpaired) electrons. The van der Waals surface area contributed by atoms with Gasteiger partial charge in [-0.1, -0.05) is 0 Å². The number of hydrogen-bond acceptors (Lipinski definition) is 7. The first-order valence-corrected chi connectivity index (χ1v) is 9.99. The van der Waals surface area contributed by atoms with E-state index in [0.717, 1.165) is 0 Å². The van der Waals surface area contributed by atoms with Gasteiger partial charge in [0.05, 0.1) is 6.04 Å². The monoisotopic (exact) mass is 408 g/mol. The van der Waals surface area contributed by atoms with Crippen LogP contribution >= 0.6 is 24.4 Å². The van der Waals surface area contributed by atoms with Gasteiger partial charge in [-0.25, -0.2) is 4.79 Å². The van der Waals surface area contributed by atoms with E-state index in [1.54, 1.807) is 0 Å². The highest BCUT2D eigenvalue weighted by Gasteiger charge is 2.26. The van der Waals surface area contributed by atoms with E-state index < -0.39 is 35.9 Å². The largest absolute Gasteiger partial charge is 0.480 e. The van der Waals surface area contributed by atoms with Crippen molar-refractivity contribution in [1.82, 2.24) is 10.6 Å². The van der Waals surface area contributed by atoms with Crippen LogP contribution in [0.15, 0.2) is 4.99 Å². The smallest absolute Gasteiger partial charge is 0.327 e. The summed E-state index contributed by atoms with van der Waals surface area (Å²) in [4.78, 5) is 39.3. The second-order valence-corrected chi connectivity index (χ2v) is 6.83. The lowest BCUT2D eigenvalue weighted by atomic mass is 10.1. The molecule has 0 heterocycles. The van der Waals surface area contributed by atoms with E-state index in [2.05, 4.69) is 28.3 Å². The molecule has 10 nitrogen and oxygen atoms in total. The number of nitrogens with two attached hydrogens (primary N) is 3. The van der Waals surface area contributed by atoms with Crippen molar-refractivity contribution in [3.8, 4) is 0 Å². The van der Waals surface area contributed by atoms with E-state index in [9.17, 15) is 14.4 Å². The van der Waals surface area contributed by atoms with Gasteiger partial charge in [-0.3, -0.25) is 14.6 Å². The number of carbonyl (C=O) groups excluding carboxylic acids is 2. The number of hydrogen-bond donors (Lipinski definition) is 7. The van der Waals surface area contributed by atoms with Crippen molar-refractivity contribution < 1.29 is 19.5 Å². The lowest BCUT2D eigenvalue weighted by Crippen LogP contribution is -2.55. The van der Waals surface area contributed by atoms with Crippen LogP contribution in [-0.4, -0.2) is 71.3 Å². The Kier molecular flexibility index (Phi) is 12.7. The normalized spacial score (nSPS) is 14.0. The van der Waals surface area contributed by atoms with Crippen LogP contribution in [0.3, 0.4) is 0 Å². The van der Waals surface area contributed by atoms with E-state index in [0.29, 0.717) is 31.6 Å². The third-order valence-corrected chi connectivity index (χ3v) is 4.35. The molecule has 2 amide bonds. The minimum Gasteiger partial charge on any atom is -0.480 e. The number of thioether (sulfide) groups is 1. The van der Waals surface area contributed by atoms with Gasteiger partial charge in [-0.15, -0.1) is 0 Å². The molecule has 0 unspecified atom stereocenters. The molecule has 0 fully saturated rings. The molecule has 0 saturated carbocycles. The highest BCUT2D eigenvalue weighted by atomic mass is 32.2. The van der Waals surface area contributed by atoms with Crippen LogP contribution in [0.2, 0.25) is 0 Å². The van der Waals surface area contributed by atoms with E-state index in [-0.39, 0.29) is 11.7 Å². The summed E-state index contributed by atoms with van der Waals surface area (Å²) in [6, 6.07) is -2.83. The molecule has 0 aliphatic carbocycles. The van der Waals surface area contributed by atoms with Gasteiger partial charge in [0.2, 0.25) is 11.8 Å². The molecule has 150 valence electrons. The number of guanidine groups is 1. The summed E-state index contributed by atoms with van der Waals surface area (Å²) in [6.45, 7) is 0.349. The van der Waals surface area contributed by atoms with Gasteiger partial charge >= 0.3 is 5.97 Å². The summed E-state index contributed by atoms with van der Waals surface area (Å²) in [5.41, 5.74) is 16.2. The average molecular weight is 409 g/mol. The number of amides is 2. The maximum absolute atomic E-state index is 12.3. The highest BCUT2D eigenvalue weighted by Crippen LogP contribution is 2.04. The van der Waals surface area contributed by atoms with Crippen LogP contribution in [0, 0.1) is 0 Å². The minimum absolute atomic E-state index is 0.0333. The second-order valence-electron chi connectivity index (χ2n) is 5.48. The van der Waals surface area contributed by atoms with Gasteiger partial charge in [-0.05, 0) is 31.3 Å². The van der Waals surface area contributed by atoms with E-state index in [4.69, 9.17) is 22.3 Å². The lowest BCUT2D eigenvalue weighted by Gasteiger charge is -2.22. The van der Waals surface area contributed by atoms with Gasteiger partial charge < -0.3 is 32.9 Å². The fourth-order valence-electron chi connectivity index (χ4n) is 1.89. The van der Waals surface area contributed by atoms with Crippen molar-refractivity contribution in [1.29, 1.82) is 0 Å². The molecule has 3 atom stereocenters. The van der Waals surface area contributed by atoms with Crippen LogP contribution in [0.5, 0.6) is 0 Å². The van der Waals surface area contributed by atoms with Crippen LogP contribution < -0.4 is 27.8 Å². The summed E-state index contributed by atoms with van der Waals surface area (Å²) in [5.74, 6) is -1.75. The molecule has 0 aromatic heterocycles. The molecule has 9 N–H and O–H groups in total. The standard InChI is InChI=1S/C14H28N6O4S2/c1-26-6-4-9(12(22)20-10(7-25)13(23)24)19-11(21)8(15)3-2-5-18-14(16)17/h8-10,25H,2-7,15H2,1H3,(H,19,21)(H,20,22)(H,23,24)(H4,16,17,18)/t8-,9-,10-/m0/s1. The zero-order valence-electron chi connectivity index (χ0n) is 14.7. The average Bonchev–Trinajstić information content (AvgIpc) is 2.58. The topological polar surface area (TPSA) is 186 Å². The number of thiol groups is 1. The summed E-state index contributed by atoms with van der Waals surface area (Å²) in [5, 5.41) is 13.9. The Morgan fingerprint density at radius 1 is 1.15 bits per heavy atom. The van der Waals surface area contributed by atoms with Crippen LogP contribution in [0.25, 0.3) is 0 Å². The van der Waals surface area contributed by atoms with Crippen LogP contribution in [0.4, 0.5) is 0 Å². The number of aliphatic imine (C=N–C) groups is 1. The Hall–Kier alpha value is -1.66. The molecule has 26 heavy (non-hydrogen) atoms. The number of carboxylic acid groups (broad SMARTS) is 1. The summed E-state index contributed by atoms with van der Waals surface area (Å²) >= 11 is 5.40. The lowest BCUT2D eigenvalue weighted by molar-refractivity contribution is -0.141. The Bertz CT molecular complexity index is 502. The maximum Gasteiger partial charge on any atom is 0.327 e. The third kappa shape index (κ3) is 10.4. The fourth-order valence-corrected chi connectivity index (χ4v) is 2.61. The minimum atomic E-state index is -1.19. The van der Waals surface area contributed by atoms with E-state index >= 15 is 0 Å². The zero-order valence-corrected chi connectivity index (χ0v) is 16.4. The highest BCUT2D eigenvalue weighted by molar-refractivity contribution is 7.98. The van der Waals surface area contributed by atoms with Crippen molar-refractivity contribution in [2.24, 2.45) is 22.2 Å². The number of nitrogens with zero attached hydrogens (tertiary/aromatic N) is 1. The van der Waals surface area contributed by atoms with E-state index in [1.807, 2.05) is 6.26 Å². The number of rotatable bonds is 13. The predicted octanol–water partition coefficient (Wildman–Crippen LogP) is -1.90. The summed E-state index contributed by atoms with van der Waals surface area (Å²) in [6.07, 6.45) is 3.06. The SMILES string of the molecule is CSCC[C@H](NC(=O)[C@@H](N)CCCN=C(N)N)C(=O)N[C@@H](CS)C(=O)O. The molecular formula is C14H28N6O4S2. The first kappa shape index (κ1) is 24.3. The Labute approximate surface area is 162 Å². The van der Waals surface area contributed by atoms with Crippen molar-refractivity contribution in [2.45, 2.75) is 37.4 Å². The first-order valence-electron chi connectivity index (χ1n) is 7.97. The first-order chi connectivity index (χ1) is 12.2. The number of nitrogens with one attached hydrogen (secondary N) is 2. The third-order valence-electron chi connectivity index (χ3n) is 3.35. The van der Waals surface area contributed by atoms with Gasteiger partial charge in [0.25, 0.3) is 0 Å². The van der Waals surface area contributed by atoms with Crippen LogP contribution in [-0.2, 0) is 14.4 Å². The van der Waals surface area contributed by atoms with Crippen molar-refractivity contribution in [2.75, 3.05) is 24.3 Å². The molecule has 0 spiro atoms. The molecule has 0 saturated heterocycles. The van der Waals surface area contributed by atoms with Crippen molar-refractivity contribution in [3.63, 3.8) is 0 Å². The molecule has 0 aliphatic heterocycles. The van der Waals surface area contributed by atoms with Gasteiger partial charge in [0, 0.05) is 12.3 Å². The summed E-state index contributed by atoms with van der Waals surface area (Å²) in [7, 11) is 0. The Morgan fingerprint density at radius 2 is 1.77 bits per heavy atom. The van der Waals surface area contributed by atoms with Gasteiger partial charge in [0.15, 0.2) is 5.96 Å².